The first kappa shape index (κ1) is 6.95. The van der Waals surface area contributed by atoms with Crippen LogP contribution in [0.15, 0.2) is 0 Å². The van der Waals surface area contributed by atoms with Crippen molar-refractivity contribution >= 4 is 0 Å². The molecule has 1 aliphatic rings. The van der Waals surface area contributed by atoms with E-state index in [9.17, 15) is 0 Å². The molecule has 9 heavy (non-hydrogen) atoms. The van der Waals surface area contributed by atoms with Crippen molar-refractivity contribution < 1.29 is 14.9 Å². The molecule has 0 aromatic carbocycles. The summed E-state index contributed by atoms with van der Waals surface area (Å²) in [5, 5.41) is 17.7. The predicted molar refractivity (Wildman–Crippen MR) is 30.6 cm³/mol. The van der Waals surface area contributed by atoms with E-state index in [1.807, 2.05) is 0 Å². The molecule has 0 aromatic heterocycles. The Labute approximate surface area is 53.2 Å². The van der Waals surface area contributed by atoms with Crippen LogP contribution in [0.1, 0.15) is 6.42 Å². The standard InChI is InChI=1S/C5H11NO3/c6-3-1-5(8)9-2-4(3)7/h3-5,7-8H,1-2,6H2/t3-,4-,5?/m0/s1. The van der Waals surface area contributed by atoms with Gasteiger partial charge in [0.05, 0.1) is 12.7 Å². The van der Waals surface area contributed by atoms with Crippen LogP contribution in [-0.2, 0) is 4.74 Å². The highest BCUT2D eigenvalue weighted by molar-refractivity contribution is 4.76. The molecule has 1 aliphatic heterocycles. The zero-order chi connectivity index (χ0) is 6.85. The number of aliphatic hydroxyl groups excluding tert-OH is 2. The summed E-state index contributed by atoms with van der Waals surface area (Å²) in [4.78, 5) is 0. The van der Waals surface area contributed by atoms with Gasteiger partial charge in [-0.25, -0.2) is 0 Å². The van der Waals surface area contributed by atoms with Gasteiger partial charge in [0.15, 0.2) is 6.29 Å². The van der Waals surface area contributed by atoms with Gasteiger partial charge in [-0.05, 0) is 0 Å². The van der Waals surface area contributed by atoms with E-state index in [0.717, 1.165) is 0 Å². The molecular formula is C5H11NO3. The molecule has 1 unspecified atom stereocenters. The van der Waals surface area contributed by atoms with Crippen LogP contribution < -0.4 is 5.73 Å². The van der Waals surface area contributed by atoms with Crippen LogP contribution in [0.4, 0.5) is 0 Å². The molecule has 0 radical (unpaired) electrons. The van der Waals surface area contributed by atoms with Gasteiger partial charge < -0.3 is 20.7 Å². The Bertz CT molecular complexity index is 98.2. The molecule has 0 aromatic rings. The number of hydrogen-bond acceptors (Lipinski definition) is 4. The van der Waals surface area contributed by atoms with E-state index >= 15 is 0 Å². The largest absolute Gasteiger partial charge is 0.389 e. The average Bonchev–Trinajstić information content (AvgIpc) is 1.80. The third-order valence-electron chi connectivity index (χ3n) is 1.43. The van der Waals surface area contributed by atoms with E-state index in [2.05, 4.69) is 4.74 Å². The Hall–Kier alpha value is -0.160. The summed E-state index contributed by atoms with van der Waals surface area (Å²) < 4.78 is 4.69. The van der Waals surface area contributed by atoms with Crippen molar-refractivity contribution in [3.05, 3.63) is 0 Å². The van der Waals surface area contributed by atoms with Crippen LogP contribution in [0.25, 0.3) is 0 Å². The van der Waals surface area contributed by atoms with Crippen molar-refractivity contribution in [2.75, 3.05) is 6.61 Å². The molecule has 54 valence electrons. The van der Waals surface area contributed by atoms with Gasteiger partial charge in [0.2, 0.25) is 0 Å². The molecule has 3 atom stereocenters. The molecule has 4 nitrogen and oxygen atoms in total. The fourth-order valence-electron chi connectivity index (χ4n) is 0.791. The van der Waals surface area contributed by atoms with Gasteiger partial charge in [-0.3, -0.25) is 0 Å². The molecule has 4 heteroatoms. The minimum atomic E-state index is -0.789. The number of aliphatic hydroxyl groups is 2. The predicted octanol–water partition coefficient (Wildman–Crippen LogP) is -1.59. The topological polar surface area (TPSA) is 75.7 Å². The molecule has 4 N–H and O–H groups in total. The molecule has 1 rings (SSSR count). The van der Waals surface area contributed by atoms with Crippen molar-refractivity contribution in [3.8, 4) is 0 Å². The Balaban J connectivity index is 2.35. The minimum absolute atomic E-state index is 0.141. The normalized spacial score (nSPS) is 45.0. The van der Waals surface area contributed by atoms with Crippen LogP contribution >= 0.6 is 0 Å². The first-order valence-electron chi connectivity index (χ1n) is 2.93. The van der Waals surface area contributed by atoms with Crippen LogP contribution in [0.2, 0.25) is 0 Å². The number of ether oxygens (including phenoxy) is 1. The molecule has 0 saturated carbocycles. The Morgan fingerprint density at radius 3 is 2.56 bits per heavy atom. The third kappa shape index (κ3) is 1.62. The molecule has 1 saturated heterocycles. The van der Waals surface area contributed by atoms with Gasteiger partial charge in [-0.15, -0.1) is 0 Å². The van der Waals surface area contributed by atoms with E-state index in [4.69, 9.17) is 15.9 Å². The van der Waals surface area contributed by atoms with E-state index in [-0.39, 0.29) is 12.6 Å². The fraction of sp³-hybridized carbons (Fsp3) is 1.00. The van der Waals surface area contributed by atoms with Gasteiger partial charge in [-0.1, -0.05) is 0 Å². The smallest absolute Gasteiger partial charge is 0.156 e. The van der Waals surface area contributed by atoms with Gasteiger partial charge in [0.1, 0.15) is 0 Å². The van der Waals surface area contributed by atoms with Crippen molar-refractivity contribution in [2.45, 2.75) is 24.9 Å². The van der Waals surface area contributed by atoms with Gasteiger partial charge in [-0.2, -0.15) is 0 Å². The summed E-state index contributed by atoms with van der Waals surface area (Å²) >= 11 is 0. The van der Waals surface area contributed by atoms with Gasteiger partial charge in [0, 0.05) is 12.5 Å². The molecule has 0 aliphatic carbocycles. The molecule has 1 fully saturated rings. The third-order valence-corrected chi connectivity index (χ3v) is 1.43. The Morgan fingerprint density at radius 1 is 1.44 bits per heavy atom. The number of hydrogen-bond donors (Lipinski definition) is 3. The van der Waals surface area contributed by atoms with Crippen LogP contribution in [0, 0.1) is 0 Å². The summed E-state index contributed by atoms with van der Waals surface area (Å²) in [6.07, 6.45) is -1.09. The van der Waals surface area contributed by atoms with E-state index < -0.39 is 12.4 Å². The summed E-state index contributed by atoms with van der Waals surface area (Å²) in [7, 11) is 0. The van der Waals surface area contributed by atoms with Crippen molar-refractivity contribution in [1.82, 2.24) is 0 Å². The lowest BCUT2D eigenvalue weighted by atomic mass is 10.1. The highest BCUT2D eigenvalue weighted by atomic mass is 16.6. The van der Waals surface area contributed by atoms with E-state index in [1.165, 1.54) is 0 Å². The maximum Gasteiger partial charge on any atom is 0.156 e. The second-order valence-electron chi connectivity index (χ2n) is 2.25. The van der Waals surface area contributed by atoms with Crippen LogP contribution in [0.5, 0.6) is 0 Å². The monoisotopic (exact) mass is 133 g/mol. The summed E-state index contributed by atoms with van der Waals surface area (Å²) in [5.74, 6) is 0. The highest BCUT2D eigenvalue weighted by Gasteiger charge is 2.25. The molecule has 1 heterocycles. The summed E-state index contributed by atoms with van der Waals surface area (Å²) in [6.45, 7) is 0.141. The Kier molecular flexibility index (Phi) is 2.02. The zero-order valence-electron chi connectivity index (χ0n) is 5.03. The van der Waals surface area contributed by atoms with Crippen LogP contribution in [0.3, 0.4) is 0 Å². The van der Waals surface area contributed by atoms with Gasteiger partial charge in [0.25, 0.3) is 0 Å². The van der Waals surface area contributed by atoms with E-state index in [0.29, 0.717) is 6.42 Å². The maximum atomic E-state index is 8.93. The van der Waals surface area contributed by atoms with Crippen LogP contribution in [-0.4, -0.2) is 35.3 Å². The Morgan fingerprint density at radius 2 is 2.11 bits per heavy atom. The van der Waals surface area contributed by atoms with Crippen molar-refractivity contribution in [2.24, 2.45) is 5.73 Å². The SMILES string of the molecule is N[C@H]1CC(O)OC[C@@H]1O. The average molecular weight is 133 g/mol. The second-order valence-corrected chi connectivity index (χ2v) is 2.25. The maximum absolute atomic E-state index is 8.93. The lowest BCUT2D eigenvalue weighted by Crippen LogP contribution is -2.46. The first-order valence-corrected chi connectivity index (χ1v) is 2.93. The summed E-state index contributed by atoms with van der Waals surface area (Å²) in [5.41, 5.74) is 5.38. The van der Waals surface area contributed by atoms with Crippen molar-refractivity contribution in [1.29, 1.82) is 0 Å². The van der Waals surface area contributed by atoms with Gasteiger partial charge >= 0.3 is 0 Å². The fourth-order valence-corrected chi connectivity index (χ4v) is 0.791. The zero-order valence-corrected chi connectivity index (χ0v) is 5.03. The van der Waals surface area contributed by atoms with E-state index in [1.54, 1.807) is 0 Å². The molecule has 0 spiro atoms. The lowest BCUT2D eigenvalue weighted by Gasteiger charge is -2.27. The minimum Gasteiger partial charge on any atom is -0.389 e. The molecular weight excluding hydrogens is 122 g/mol. The molecule has 0 amide bonds. The molecule has 0 bridgehead atoms. The number of nitrogens with two attached hydrogens (primary N) is 1. The number of rotatable bonds is 0. The highest BCUT2D eigenvalue weighted by Crippen LogP contribution is 2.09. The summed E-state index contributed by atoms with van der Waals surface area (Å²) in [6, 6.07) is -0.339. The van der Waals surface area contributed by atoms with Crippen molar-refractivity contribution in [3.63, 3.8) is 0 Å². The first-order chi connectivity index (χ1) is 4.20. The quantitative estimate of drug-likeness (QED) is 0.372. The second kappa shape index (κ2) is 2.62. The lowest BCUT2D eigenvalue weighted by molar-refractivity contribution is -0.162.